The maximum atomic E-state index is 5.55. The van der Waals surface area contributed by atoms with E-state index in [1.54, 1.807) is 0 Å². The number of ether oxygens (including phenoxy) is 2. The van der Waals surface area contributed by atoms with E-state index >= 15 is 0 Å². The van der Waals surface area contributed by atoms with Gasteiger partial charge in [0.05, 0.1) is 12.6 Å². The Balaban J connectivity index is 1.79. The molecule has 0 saturated carbocycles. The minimum Gasteiger partial charge on any atom is -0.491 e. The van der Waals surface area contributed by atoms with E-state index in [0.717, 1.165) is 12.3 Å². The van der Waals surface area contributed by atoms with E-state index in [0.29, 0.717) is 19.2 Å². The van der Waals surface area contributed by atoms with Gasteiger partial charge in [0.1, 0.15) is 19.0 Å². The molecule has 78 valence electrons. The maximum absolute atomic E-state index is 5.55. The van der Waals surface area contributed by atoms with E-state index < -0.39 is 0 Å². The topological polar surface area (TPSA) is 42.8 Å². The summed E-state index contributed by atoms with van der Waals surface area (Å²) in [5.74, 6) is 0.952. The molecule has 2 aliphatic rings. The van der Waals surface area contributed by atoms with Crippen molar-refractivity contribution < 1.29 is 9.47 Å². The van der Waals surface area contributed by atoms with Gasteiger partial charge in [-0.1, -0.05) is 18.2 Å². The number of nitrogens with zero attached hydrogens (tertiary/aromatic N) is 1. The van der Waals surface area contributed by atoms with E-state index in [9.17, 15) is 0 Å². The van der Waals surface area contributed by atoms with Crippen LogP contribution in [0.15, 0.2) is 29.3 Å². The number of hydrogen-bond donors (Lipinski definition) is 1. The molecule has 0 saturated heterocycles. The Morgan fingerprint density at radius 1 is 1.27 bits per heavy atom. The molecule has 0 radical (unpaired) electrons. The number of para-hydroxylation sites is 1. The van der Waals surface area contributed by atoms with E-state index in [-0.39, 0.29) is 6.04 Å². The molecule has 0 spiro atoms. The summed E-state index contributed by atoms with van der Waals surface area (Å²) in [6.45, 7) is 2.07. The van der Waals surface area contributed by atoms with Crippen LogP contribution in [-0.4, -0.2) is 25.8 Å². The fraction of sp³-hybridized carbons (Fsp3) is 0.364. The van der Waals surface area contributed by atoms with Crippen LogP contribution < -0.4 is 10.1 Å². The van der Waals surface area contributed by atoms with E-state index in [4.69, 9.17) is 9.47 Å². The summed E-state index contributed by atoms with van der Waals surface area (Å²) in [4.78, 5) is 4.20. The molecule has 1 N–H and O–H groups in total. The van der Waals surface area contributed by atoms with Crippen LogP contribution in [0.25, 0.3) is 0 Å². The van der Waals surface area contributed by atoms with Crippen LogP contribution in [-0.2, 0) is 4.74 Å². The highest BCUT2D eigenvalue weighted by Crippen LogP contribution is 2.31. The van der Waals surface area contributed by atoms with E-state index in [1.165, 1.54) is 5.56 Å². The summed E-state index contributed by atoms with van der Waals surface area (Å²) in [6, 6.07) is 8.84. The van der Waals surface area contributed by atoms with Crippen LogP contribution in [0.1, 0.15) is 11.6 Å². The van der Waals surface area contributed by atoms with Gasteiger partial charge in [-0.25, -0.2) is 4.99 Å². The van der Waals surface area contributed by atoms with Gasteiger partial charge < -0.3 is 14.8 Å². The van der Waals surface area contributed by atoms with Crippen molar-refractivity contribution >= 4 is 6.02 Å². The second-order valence-electron chi connectivity index (χ2n) is 3.58. The summed E-state index contributed by atoms with van der Waals surface area (Å²) < 4.78 is 10.9. The molecular formula is C11H12N2O2. The van der Waals surface area contributed by atoms with E-state index in [2.05, 4.69) is 16.4 Å². The summed E-state index contributed by atoms with van der Waals surface area (Å²) in [6.07, 6.45) is 0. The maximum Gasteiger partial charge on any atom is 0.285 e. The first-order valence-corrected chi connectivity index (χ1v) is 5.09. The van der Waals surface area contributed by atoms with Crippen molar-refractivity contribution in [2.75, 3.05) is 19.8 Å². The molecule has 0 aromatic heterocycles. The molecular weight excluding hydrogens is 192 g/mol. The second-order valence-corrected chi connectivity index (χ2v) is 3.58. The zero-order valence-electron chi connectivity index (χ0n) is 8.27. The quantitative estimate of drug-likeness (QED) is 0.744. The van der Waals surface area contributed by atoms with Crippen LogP contribution in [0.5, 0.6) is 5.75 Å². The van der Waals surface area contributed by atoms with Gasteiger partial charge in [0.15, 0.2) is 0 Å². The molecule has 0 bridgehead atoms. The molecule has 1 unspecified atom stereocenters. The summed E-state index contributed by atoms with van der Waals surface area (Å²) >= 11 is 0. The van der Waals surface area contributed by atoms with Gasteiger partial charge in [0, 0.05) is 5.56 Å². The Morgan fingerprint density at radius 2 is 2.20 bits per heavy atom. The Bertz CT molecular complexity index is 403. The normalized spacial score (nSPS) is 22.7. The largest absolute Gasteiger partial charge is 0.491 e. The van der Waals surface area contributed by atoms with Crippen molar-refractivity contribution in [1.29, 1.82) is 0 Å². The highest BCUT2D eigenvalue weighted by atomic mass is 16.5. The fourth-order valence-corrected chi connectivity index (χ4v) is 1.85. The first-order chi connectivity index (χ1) is 7.43. The smallest absolute Gasteiger partial charge is 0.285 e. The molecule has 4 nitrogen and oxygen atoms in total. The molecule has 2 heterocycles. The van der Waals surface area contributed by atoms with Crippen molar-refractivity contribution in [3.05, 3.63) is 29.8 Å². The number of amidine groups is 1. The van der Waals surface area contributed by atoms with Crippen molar-refractivity contribution in [3.8, 4) is 5.75 Å². The predicted molar refractivity (Wildman–Crippen MR) is 56.1 cm³/mol. The number of fused-ring (bicyclic) bond motifs is 1. The van der Waals surface area contributed by atoms with Gasteiger partial charge >= 0.3 is 0 Å². The third-order valence-corrected chi connectivity index (χ3v) is 2.58. The molecule has 1 aromatic carbocycles. The van der Waals surface area contributed by atoms with E-state index in [1.807, 2.05) is 18.2 Å². The lowest BCUT2D eigenvalue weighted by Crippen LogP contribution is -2.29. The monoisotopic (exact) mass is 204 g/mol. The molecule has 3 rings (SSSR count). The van der Waals surface area contributed by atoms with Crippen LogP contribution in [0.4, 0.5) is 0 Å². The van der Waals surface area contributed by atoms with Crippen molar-refractivity contribution in [1.82, 2.24) is 5.32 Å². The lowest BCUT2D eigenvalue weighted by molar-refractivity contribution is 0.297. The fourth-order valence-electron chi connectivity index (χ4n) is 1.85. The Kier molecular flexibility index (Phi) is 1.98. The second kappa shape index (κ2) is 3.46. The van der Waals surface area contributed by atoms with Gasteiger partial charge in [-0.3, -0.25) is 0 Å². The molecule has 15 heavy (non-hydrogen) atoms. The lowest BCUT2D eigenvalue weighted by atomic mass is 10.1. The number of rotatable bonds is 1. The van der Waals surface area contributed by atoms with Gasteiger partial charge in [0.2, 0.25) is 0 Å². The molecule has 0 amide bonds. The minimum absolute atomic E-state index is 0.165. The number of benzene rings is 1. The predicted octanol–water partition coefficient (Wildman–Crippen LogP) is 1.10. The third-order valence-electron chi connectivity index (χ3n) is 2.58. The summed E-state index contributed by atoms with van der Waals surface area (Å²) in [7, 11) is 0. The van der Waals surface area contributed by atoms with Gasteiger partial charge in [-0.05, 0) is 6.07 Å². The zero-order valence-corrected chi connectivity index (χ0v) is 8.27. The SMILES string of the molecule is c1ccc2c(c1)OCC2NC1=NCCO1. The third kappa shape index (κ3) is 1.52. The highest BCUT2D eigenvalue weighted by molar-refractivity contribution is 5.75. The van der Waals surface area contributed by atoms with Crippen LogP contribution in [0.2, 0.25) is 0 Å². The molecule has 2 aliphatic heterocycles. The first-order valence-electron chi connectivity index (χ1n) is 5.09. The average molecular weight is 204 g/mol. The van der Waals surface area contributed by atoms with Gasteiger partial charge in [-0.2, -0.15) is 0 Å². The zero-order chi connectivity index (χ0) is 10.1. The first kappa shape index (κ1) is 8.59. The summed E-state index contributed by atoms with van der Waals surface area (Å²) in [5, 5.41) is 3.24. The van der Waals surface area contributed by atoms with Gasteiger partial charge in [-0.15, -0.1) is 0 Å². The number of nitrogens with one attached hydrogen (secondary N) is 1. The van der Waals surface area contributed by atoms with Crippen molar-refractivity contribution in [3.63, 3.8) is 0 Å². The molecule has 1 aromatic rings. The average Bonchev–Trinajstić information content (AvgIpc) is 2.89. The molecule has 0 fully saturated rings. The van der Waals surface area contributed by atoms with Crippen LogP contribution in [0, 0.1) is 0 Å². The van der Waals surface area contributed by atoms with Crippen molar-refractivity contribution in [2.24, 2.45) is 4.99 Å². The highest BCUT2D eigenvalue weighted by Gasteiger charge is 2.25. The lowest BCUT2D eigenvalue weighted by Gasteiger charge is -2.11. The Hall–Kier alpha value is -1.71. The minimum atomic E-state index is 0.165. The Morgan fingerprint density at radius 3 is 3.07 bits per heavy atom. The summed E-state index contributed by atoms with van der Waals surface area (Å²) in [5.41, 5.74) is 1.18. The number of aliphatic imine (C=N–C) groups is 1. The molecule has 4 heteroatoms. The standard InChI is InChI=1S/C11H12N2O2/c1-2-4-10-8(3-1)9(7-15-10)13-11-12-5-6-14-11/h1-4,9H,5-7H2,(H,12,13). The Labute approximate surface area is 87.9 Å². The number of hydrogen-bond acceptors (Lipinski definition) is 4. The molecule has 0 aliphatic carbocycles. The van der Waals surface area contributed by atoms with Crippen molar-refractivity contribution in [2.45, 2.75) is 6.04 Å². The van der Waals surface area contributed by atoms with Gasteiger partial charge in [0.25, 0.3) is 6.02 Å². The molecule has 1 atom stereocenters. The van der Waals surface area contributed by atoms with Crippen LogP contribution in [0.3, 0.4) is 0 Å². The van der Waals surface area contributed by atoms with Crippen LogP contribution >= 0.6 is 0 Å².